The van der Waals surface area contributed by atoms with Crippen molar-refractivity contribution in [1.82, 2.24) is 9.97 Å². The lowest BCUT2D eigenvalue weighted by atomic mass is 10.1. The summed E-state index contributed by atoms with van der Waals surface area (Å²) in [6.45, 7) is -0.473. The lowest BCUT2D eigenvalue weighted by molar-refractivity contribution is -0.0930. The van der Waals surface area contributed by atoms with Crippen LogP contribution in [0.15, 0.2) is 60.9 Å². The molecule has 0 fully saturated rings. The summed E-state index contributed by atoms with van der Waals surface area (Å²) in [4.78, 5) is 11.6. The lowest BCUT2D eigenvalue weighted by Gasteiger charge is -2.42. The van der Waals surface area contributed by atoms with Crippen LogP contribution in [0.2, 0.25) is 0 Å². The second-order valence-electron chi connectivity index (χ2n) is 11.0. The number of hydrogen-bond donors (Lipinski definition) is 2. The molecule has 0 saturated heterocycles. The standard InChI is InChI=1S/C32H38N4O12S2/c1-35(22-9-11-24(33-17-22)20-13-26(43-3)30(37)27(14-20)44-4)19-32(47-49(7,39)40,48-50(8,41)42)36(2)23-10-12-25(34-18-23)21-15-28(45-5)31(38)29(16-21)46-6/h9-18,37-38H,19H2,1-8H3. The van der Waals surface area contributed by atoms with Gasteiger partial charge >= 0.3 is 5.91 Å². The van der Waals surface area contributed by atoms with E-state index in [2.05, 4.69) is 9.97 Å². The number of phenolic OH excluding ortho intramolecular Hbond substituents is 2. The molecular weight excluding hydrogens is 697 g/mol. The highest BCUT2D eigenvalue weighted by atomic mass is 32.2. The number of benzene rings is 2. The molecule has 0 amide bonds. The maximum absolute atomic E-state index is 12.7. The molecule has 0 spiro atoms. The Bertz CT molecular complexity index is 1960. The molecule has 0 radical (unpaired) electrons. The van der Waals surface area contributed by atoms with Crippen molar-refractivity contribution in [2.75, 3.05) is 71.4 Å². The van der Waals surface area contributed by atoms with Crippen molar-refractivity contribution in [3.63, 3.8) is 0 Å². The van der Waals surface area contributed by atoms with Crippen LogP contribution in [0.4, 0.5) is 11.4 Å². The van der Waals surface area contributed by atoms with E-state index >= 15 is 0 Å². The molecule has 2 aromatic carbocycles. The third-order valence-corrected chi connectivity index (χ3v) is 8.51. The molecule has 0 aliphatic heterocycles. The maximum atomic E-state index is 12.7. The number of hydrogen-bond acceptors (Lipinski definition) is 16. The summed E-state index contributed by atoms with van der Waals surface area (Å²) in [5.74, 6) is -2.17. The molecule has 18 heteroatoms. The SMILES string of the molecule is COc1cc(-c2ccc(N(C)CC(OS(C)(=O)=O)(OS(C)(=O)=O)N(C)c3ccc(-c4cc(OC)c(O)c(OC)c4)nc3)cn2)cc(OC)c1O. The molecule has 4 rings (SSSR count). The number of phenols is 2. The van der Waals surface area contributed by atoms with Crippen molar-refractivity contribution < 1.29 is 54.4 Å². The molecule has 0 aliphatic carbocycles. The van der Waals surface area contributed by atoms with Gasteiger partial charge in [0.2, 0.25) is 11.5 Å². The summed E-state index contributed by atoms with van der Waals surface area (Å²) >= 11 is 0. The predicted octanol–water partition coefficient (Wildman–Crippen LogP) is 3.44. The number of anilines is 2. The van der Waals surface area contributed by atoms with Crippen LogP contribution < -0.4 is 28.7 Å². The topological polar surface area (TPSA) is 196 Å². The summed E-state index contributed by atoms with van der Waals surface area (Å²) in [5.41, 5.74) is 2.65. The Balaban J connectivity index is 1.73. The van der Waals surface area contributed by atoms with Gasteiger partial charge in [0.05, 0.1) is 82.7 Å². The number of aromatic nitrogens is 2. The van der Waals surface area contributed by atoms with Crippen molar-refractivity contribution in [2.24, 2.45) is 0 Å². The fraction of sp³-hybridized carbons (Fsp3) is 0.312. The first-order valence-corrected chi connectivity index (χ1v) is 18.2. The average Bonchev–Trinajstić information content (AvgIpc) is 3.06. The van der Waals surface area contributed by atoms with Gasteiger partial charge in [-0.05, 0) is 48.5 Å². The van der Waals surface area contributed by atoms with Gasteiger partial charge in [0.1, 0.15) is 0 Å². The van der Waals surface area contributed by atoms with Gasteiger partial charge in [-0.3, -0.25) is 9.97 Å². The van der Waals surface area contributed by atoms with E-state index in [0.717, 1.165) is 12.5 Å². The highest BCUT2D eigenvalue weighted by molar-refractivity contribution is 7.86. The van der Waals surface area contributed by atoms with Crippen LogP contribution in [0.25, 0.3) is 22.5 Å². The molecule has 4 aromatic rings. The van der Waals surface area contributed by atoms with Gasteiger partial charge < -0.3 is 39.0 Å². The van der Waals surface area contributed by atoms with E-state index in [1.54, 1.807) is 55.6 Å². The van der Waals surface area contributed by atoms with Crippen LogP contribution in [0.1, 0.15) is 0 Å². The average molecular weight is 735 g/mol. The van der Waals surface area contributed by atoms with Crippen LogP contribution >= 0.6 is 0 Å². The van der Waals surface area contributed by atoms with Crippen LogP contribution in [0.3, 0.4) is 0 Å². The number of nitrogens with zero attached hydrogens (tertiary/aromatic N) is 4. The fourth-order valence-electron chi connectivity index (χ4n) is 4.97. The zero-order valence-corrected chi connectivity index (χ0v) is 30.2. The van der Waals surface area contributed by atoms with Crippen molar-refractivity contribution in [1.29, 1.82) is 0 Å². The van der Waals surface area contributed by atoms with Crippen molar-refractivity contribution in [3.05, 3.63) is 60.9 Å². The van der Waals surface area contributed by atoms with Crippen molar-refractivity contribution in [2.45, 2.75) is 5.91 Å². The van der Waals surface area contributed by atoms with E-state index in [1.165, 1.54) is 57.7 Å². The van der Waals surface area contributed by atoms with Gasteiger partial charge in [-0.15, -0.1) is 0 Å². The fourth-order valence-corrected chi connectivity index (χ4v) is 6.35. The van der Waals surface area contributed by atoms with Gasteiger partial charge in [-0.2, -0.15) is 16.8 Å². The number of ether oxygens (including phenoxy) is 4. The third kappa shape index (κ3) is 8.57. The molecule has 2 aromatic heterocycles. The van der Waals surface area contributed by atoms with Crippen molar-refractivity contribution >= 4 is 31.6 Å². The Morgan fingerprint density at radius 2 is 1.00 bits per heavy atom. The minimum atomic E-state index is -4.35. The normalized spacial score (nSPS) is 11.9. The number of pyridine rings is 2. The summed E-state index contributed by atoms with van der Waals surface area (Å²) in [6, 6.07) is 12.7. The summed E-state index contributed by atoms with van der Waals surface area (Å²) < 4.78 is 82.4. The van der Waals surface area contributed by atoms with Crippen LogP contribution in [0.5, 0.6) is 34.5 Å². The quantitative estimate of drug-likeness (QED) is 0.133. The molecule has 50 heavy (non-hydrogen) atoms. The largest absolute Gasteiger partial charge is 0.502 e. The Morgan fingerprint density at radius 1 is 0.640 bits per heavy atom. The van der Waals surface area contributed by atoms with E-state index in [9.17, 15) is 27.0 Å². The monoisotopic (exact) mass is 734 g/mol. The molecule has 0 saturated carbocycles. The predicted molar refractivity (Wildman–Crippen MR) is 185 cm³/mol. The van der Waals surface area contributed by atoms with E-state index in [-0.39, 0.29) is 40.2 Å². The third-order valence-electron chi connectivity index (χ3n) is 7.39. The molecule has 16 nitrogen and oxygen atoms in total. The van der Waals surface area contributed by atoms with Crippen molar-refractivity contribution in [3.8, 4) is 57.0 Å². The van der Waals surface area contributed by atoms with Gasteiger partial charge in [-0.25, -0.2) is 8.37 Å². The number of likely N-dealkylation sites (N-methyl/N-ethyl adjacent to an activating group) is 2. The van der Waals surface area contributed by atoms with E-state index in [1.807, 2.05) is 0 Å². The Kier molecular flexibility index (Phi) is 11.2. The summed E-state index contributed by atoms with van der Waals surface area (Å²) in [5, 5.41) is 20.6. The van der Waals surface area contributed by atoms with Gasteiger partial charge in [0, 0.05) is 25.2 Å². The Hall–Kier alpha value is -5.04. The number of aromatic hydroxyl groups is 2. The summed E-state index contributed by atoms with van der Waals surface area (Å²) in [6.07, 6.45) is 4.38. The van der Waals surface area contributed by atoms with Crippen LogP contribution in [-0.2, 0) is 28.6 Å². The number of methoxy groups -OCH3 is 4. The molecule has 270 valence electrons. The van der Waals surface area contributed by atoms with Crippen LogP contribution in [-0.4, -0.2) is 105 Å². The van der Waals surface area contributed by atoms with E-state index in [4.69, 9.17) is 27.3 Å². The minimum absolute atomic E-state index is 0.151. The zero-order valence-electron chi connectivity index (χ0n) is 28.6. The highest BCUT2D eigenvalue weighted by Crippen LogP contribution is 2.41. The Morgan fingerprint density at radius 3 is 1.30 bits per heavy atom. The first-order valence-electron chi connectivity index (χ1n) is 14.5. The molecule has 2 N–H and O–H groups in total. The maximum Gasteiger partial charge on any atom is 0.300 e. The molecule has 0 bridgehead atoms. The van der Waals surface area contributed by atoms with Crippen LogP contribution in [0, 0.1) is 0 Å². The molecular formula is C32H38N4O12S2. The van der Waals surface area contributed by atoms with Gasteiger partial charge in [-0.1, -0.05) is 0 Å². The zero-order chi connectivity index (χ0) is 37.0. The van der Waals surface area contributed by atoms with Gasteiger partial charge in [0.25, 0.3) is 20.2 Å². The van der Waals surface area contributed by atoms with E-state index in [0.29, 0.717) is 28.2 Å². The minimum Gasteiger partial charge on any atom is -0.502 e. The smallest absolute Gasteiger partial charge is 0.300 e. The Labute approximate surface area is 290 Å². The second kappa shape index (κ2) is 14.8. The summed E-state index contributed by atoms with van der Waals surface area (Å²) in [7, 11) is -0.175. The molecule has 0 aliphatic rings. The first kappa shape index (κ1) is 37.8. The number of rotatable bonds is 15. The lowest BCUT2D eigenvalue weighted by Crippen LogP contribution is -2.59. The molecule has 2 heterocycles. The van der Waals surface area contributed by atoms with E-state index < -0.39 is 32.7 Å². The molecule has 0 atom stereocenters. The van der Waals surface area contributed by atoms with Gasteiger partial charge in [0.15, 0.2) is 23.0 Å². The molecule has 0 unspecified atom stereocenters. The second-order valence-corrected chi connectivity index (χ2v) is 14.1. The first-order chi connectivity index (χ1) is 23.4. The highest BCUT2D eigenvalue weighted by Gasteiger charge is 2.46.